The van der Waals surface area contributed by atoms with E-state index < -0.39 is 24.2 Å². The highest BCUT2D eigenvalue weighted by molar-refractivity contribution is 5.97. The SMILES string of the molecule is COc1c(CN2O[C@@H](CO)[C@@H]([C@H](C)OC(=O)CCc3ccccc3)[C@H]2C(=O)N[C@H]2C[C@@H]3C[C@@H]([C@@H]2C)C3(C)C)cccc1-c1cc(C(=O)N[C@@H](Cc2ccccc2)CN(C)C)cc(N(C)C)c1. The van der Waals surface area contributed by atoms with Crippen LogP contribution in [-0.4, -0.2) is 112 Å². The molecule has 3 N–H and O–H groups in total. The Morgan fingerprint density at radius 2 is 1.62 bits per heavy atom. The second-order valence-corrected chi connectivity index (χ2v) is 20.0. The van der Waals surface area contributed by atoms with Gasteiger partial charge in [-0.1, -0.05) is 99.6 Å². The van der Waals surface area contributed by atoms with Gasteiger partial charge < -0.3 is 35.0 Å². The topological polar surface area (TPSA) is 133 Å². The minimum Gasteiger partial charge on any atom is -0.496 e. The highest BCUT2D eigenvalue weighted by atomic mass is 16.7. The molecule has 0 radical (unpaired) electrons. The monoisotopic (exact) mass is 902 g/mol. The van der Waals surface area contributed by atoms with Gasteiger partial charge in [0, 0.05) is 61.5 Å². The number of rotatable bonds is 19. The van der Waals surface area contributed by atoms with E-state index in [2.05, 4.69) is 48.4 Å². The number of benzene rings is 4. The summed E-state index contributed by atoms with van der Waals surface area (Å²) in [5.74, 6) is 0.440. The summed E-state index contributed by atoms with van der Waals surface area (Å²) in [6.07, 6.45) is 1.89. The molecule has 354 valence electrons. The molecule has 0 spiro atoms. The zero-order valence-electron chi connectivity index (χ0n) is 40.3. The summed E-state index contributed by atoms with van der Waals surface area (Å²) in [6.45, 7) is 9.12. The van der Waals surface area contributed by atoms with Crippen LogP contribution >= 0.6 is 0 Å². The number of esters is 1. The molecular weight excluding hydrogens is 831 g/mol. The second kappa shape index (κ2) is 21.1. The predicted octanol–water partition coefficient (Wildman–Crippen LogP) is 7.18. The Balaban J connectivity index is 1.17. The Morgan fingerprint density at radius 1 is 0.924 bits per heavy atom. The quantitative estimate of drug-likeness (QED) is 0.0833. The van der Waals surface area contributed by atoms with Crippen molar-refractivity contribution in [3.8, 4) is 16.9 Å². The summed E-state index contributed by atoms with van der Waals surface area (Å²) in [7, 11) is 9.51. The maximum Gasteiger partial charge on any atom is 0.306 e. The Hall–Kier alpha value is -5.27. The maximum absolute atomic E-state index is 14.9. The number of nitrogens with one attached hydrogen (secondary N) is 2. The highest BCUT2D eigenvalue weighted by Gasteiger charge is 2.57. The molecular formula is C54H71N5O7. The third-order valence-electron chi connectivity index (χ3n) is 14.7. The van der Waals surface area contributed by atoms with Crippen molar-refractivity contribution in [3.63, 3.8) is 0 Å². The molecule has 9 atom stereocenters. The van der Waals surface area contributed by atoms with Gasteiger partial charge in [0.2, 0.25) is 5.91 Å². The smallest absolute Gasteiger partial charge is 0.306 e. The van der Waals surface area contributed by atoms with Gasteiger partial charge in [0.1, 0.15) is 24.0 Å². The van der Waals surface area contributed by atoms with E-state index in [0.29, 0.717) is 42.5 Å². The number of carbonyl (C=O) groups is 3. The minimum absolute atomic E-state index is 0.0154. The number of aryl methyl sites for hydroxylation is 1. The third kappa shape index (κ3) is 10.9. The molecule has 1 saturated heterocycles. The summed E-state index contributed by atoms with van der Waals surface area (Å²) in [5, 5.41) is 19.2. The summed E-state index contributed by atoms with van der Waals surface area (Å²) in [5.41, 5.74) is 6.05. The van der Waals surface area contributed by atoms with Crippen molar-refractivity contribution in [3.05, 3.63) is 119 Å². The number of likely N-dealkylation sites (N-methyl/N-ethyl adjacent to an activating group) is 1. The third-order valence-corrected chi connectivity index (χ3v) is 14.7. The molecule has 4 aliphatic rings. The summed E-state index contributed by atoms with van der Waals surface area (Å²) in [4.78, 5) is 53.0. The molecule has 4 aromatic rings. The number of hydrogen-bond donors (Lipinski definition) is 3. The number of anilines is 1. The van der Waals surface area contributed by atoms with Gasteiger partial charge in [0.15, 0.2) is 0 Å². The molecule has 3 aliphatic carbocycles. The standard InChI is InChI=1S/C54H71N5O7/c1-34-45-29-41(54(45,3)4)30-46(34)56-53(63)50-49(35(2)65-48(61)24-23-36-17-12-10-13-18-36)47(33-60)66-59(50)31-38-21-16-22-44(51(38)64-9)39-26-40(28-43(27-39)58(7)8)52(62)55-42(32-57(5)6)25-37-19-14-11-15-20-37/h10-22,26-28,34-35,41-42,45-47,49-50,60H,23-25,29-33H2,1-9H3,(H,55,62)(H,56,63)/t34-,35-,41-,42-,45-,46-,47-,49+,50-/m0/s1. The van der Waals surface area contributed by atoms with Gasteiger partial charge >= 0.3 is 5.97 Å². The maximum atomic E-state index is 14.9. The van der Waals surface area contributed by atoms with Crippen molar-refractivity contribution >= 4 is 23.5 Å². The van der Waals surface area contributed by atoms with Crippen LogP contribution in [-0.2, 0) is 38.5 Å². The van der Waals surface area contributed by atoms with Crippen molar-refractivity contribution < 1.29 is 33.8 Å². The molecule has 4 aromatic carbocycles. The lowest BCUT2D eigenvalue weighted by Gasteiger charge is -2.62. The molecule has 1 heterocycles. The minimum atomic E-state index is -0.899. The van der Waals surface area contributed by atoms with Crippen LogP contribution in [0.5, 0.6) is 5.75 Å². The van der Waals surface area contributed by atoms with Gasteiger partial charge in [-0.3, -0.25) is 19.2 Å². The van der Waals surface area contributed by atoms with Crippen LogP contribution in [0.15, 0.2) is 97.1 Å². The number of hydroxylamine groups is 2. The Kier molecular flexibility index (Phi) is 15.6. The zero-order chi connectivity index (χ0) is 47.3. The van der Waals surface area contributed by atoms with E-state index in [4.69, 9.17) is 14.3 Å². The summed E-state index contributed by atoms with van der Waals surface area (Å²) < 4.78 is 12.3. The van der Waals surface area contributed by atoms with Crippen LogP contribution in [0.4, 0.5) is 5.69 Å². The molecule has 66 heavy (non-hydrogen) atoms. The second-order valence-electron chi connectivity index (χ2n) is 20.0. The molecule has 2 amide bonds. The van der Waals surface area contributed by atoms with Crippen molar-refractivity contribution in [1.29, 1.82) is 0 Å². The molecule has 12 nitrogen and oxygen atoms in total. The Bertz CT molecular complexity index is 2290. The van der Waals surface area contributed by atoms with Crippen molar-refractivity contribution in [2.45, 2.75) is 96.7 Å². The van der Waals surface area contributed by atoms with Crippen molar-refractivity contribution in [2.24, 2.45) is 29.1 Å². The van der Waals surface area contributed by atoms with Crippen LogP contribution in [0.2, 0.25) is 0 Å². The number of fused-ring (bicyclic) bond motifs is 2. The van der Waals surface area contributed by atoms with Crippen LogP contribution in [0.1, 0.15) is 74.0 Å². The van der Waals surface area contributed by atoms with E-state index in [-0.39, 0.29) is 60.8 Å². The molecule has 8 rings (SSSR count). The molecule has 0 unspecified atom stereocenters. The number of aliphatic hydroxyl groups is 1. The van der Waals surface area contributed by atoms with E-state index in [0.717, 1.165) is 39.9 Å². The van der Waals surface area contributed by atoms with Gasteiger partial charge in [-0.2, -0.15) is 5.06 Å². The number of aliphatic hydroxyl groups excluding tert-OH is 1. The normalized spacial score (nSPS) is 24.2. The van der Waals surface area contributed by atoms with Crippen LogP contribution in [0.3, 0.4) is 0 Å². The van der Waals surface area contributed by atoms with Gasteiger partial charge in [-0.15, -0.1) is 0 Å². The lowest BCUT2D eigenvalue weighted by atomic mass is 9.45. The predicted molar refractivity (Wildman–Crippen MR) is 259 cm³/mol. The van der Waals surface area contributed by atoms with Crippen LogP contribution in [0.25, 0.3) is 11.1 Å². The molecule has 3 saturated carbocycles. The lowest BCUT2D eigenvalue weighted by molar-refractivity contribution is -0.183. The van der Waals surface area contributed by atoms with Gasteiger partial charge in [0.05, 0.1) is 26.2 Å². The molecule has 4 fully saturated rings. The fourth-order valence-electron chi connectivity index (χ4n) is 11.0. The summed E-state index contributed by atoms with van der Waals surface area (Å²) in [6, 6.07) is 30.6. The first-order valence-electron chi connectivity index (χ1n) is 23.6. The zero-order valence-corrected chi connectivity index (χ0v) is 40.3. The van der Waals surface area contributed by atoms with Crippen molar-refractivity contribution in [2.75, 3.05) is 53.4 Å². The Labute approximate surface area is 391 Å². The van der Waals surface area contributed by atoms with Crippen LogP contribution < -0.4 is 20.3 Å². The first-order valence-corrected chi connectivity index (χ1v) is 23.6. The molecule has 12 heteroatoms. The van der Waals surface area contributed by atoms with Gasteiger partial charge in [-0.25, -0.2) is 0 Å². The molecule has 2 bridgehead atoms. The average molecular weight is 902 g/mol. The largest absolute Gasteiger partial charge is 0.496 e. The highest BCUT2D eigenvalue weighted by Crippen LogP contribution is 2.61. The van der Waals surface area contributed by atoms with E-state index >= 15 is 0 Å². The number of amides is 2. The van der Waals surface area contributed by atoms with E-state index in [1.54, 1.807) is 19.1 Å². The number of ether oxygens (including phenoxy) is 2. The summed E-state index contributed by atoms with van der Waals surface area (Å²) >= 11 is 0. The molecule has 0 aromatic heterocycles. The number of carbonyl (C=O) groups excluding carboxylic acids is 3. The number of para-hydroxylation sites is 1. The fraction of sp³-hybridized carbons (Fsp3) is 0.500. The average Bonchev–Trinajstić information content (AvgIpc) is 3.67. The number of hydrogen-bond acceptors (Lipinski definition) is 10. The van der Waals surface area contributed by atoms with Gasteiger partial charge in [-0.05, 0) is 105 Å². The van der Waals surface area contributed by atoms with Crippen LogP contribution in [0, 0.1) is 29.1 Å². The first-order chi connectivity index (χ1) is 31.6. The fourth-order valence-corrected chi connectivity index (χ4v) is 11.0. The van der Waals surface area contributed by atoms with E-state index in [1.165, 1.54) is 6.42 Å². The van der Waals surface area contributed by atoms with E-state index in [9.17, 15) is 19.5 Å². The molecule has 1 aliphatic heterocycles. The first kappa shape index (κ1) is 48.7. The van der Waals surface area contributed by atoms with Crippen molar-refractivity contribution in [1.82, 2.24) is 20.6 Å². The Morgan fingerprint density at radius 3 is 2.24 bits per heavy atom. The number of methoxy groups -OCH3 is 1. The number of nitrogens with zero attached hydrogens (tertiary/aromatic N) is 3. The lowest BCUT2D eigenvalue weighted by Crippen LogP contribution is -2.62. The van der Waals surface area contributed by atoms with E-state index in [1.807, 2.05) is 118 Å². The van der Waals surface area contributed by atoms with Gasteiger partial charge in [0.25, 0.3) is 5.91 Å².